The highest BCUT2D eigenvalue weighted by atomic mass is 14.7. The monoisotopic (exact) mass is 187 g/mol. The van der Waals surface area contributed by atoms with Crippen molar-refractivity contribution < 1.29 is 0 Å². The fourth-order valence-electron chi connectivity index (χ4n) is 1.26. The van der Waals surface area contributed by atoms with E-state index in [2.05, 4.69) is 49.7 Å². The van der Waals surface area contributed by atoms with Crippen molar-refractivity contribution in [3.63, 3.8) is 0 Å². The molecule has 1 aliphatic carbocycles. The van der Waals surface area contributed by atoms with Crippen LogP contribution < -0.4 is 0 Å². The van der Waals surface area contributed by atoms with Crippen LogP contribution in [0.15, 0.2) is 53.2 Å². The second-order valence-corrected chi connectivity index (χ2v) is 3.92. The smallest absolute Gasteiger partial charge is 0.0694 e. The van der Waals surface area contributed by atoms with Gasteiger partial charge in [-0.3, -0.25) is 4.99 Å². The predicted octanol–water partition coefficient (Wildman–Crippen LogP) is 3.67. The zero-order valence-corrected chi connectivity index (χ0v) is 9.12. The summed E-state index contributed by atoms with van der Waals surface area (Å²) in [6.45, 7) is 10.0. The van der Waals surface area contributed by atoms with Crippen LogP contribution in [0.5, 0.6) is 0 Å². The Hall–Kier alpha value is -1.37. The minimum absolute atomic E-state index is 0.0965. The highest BCUT2D eigenvalue weighted by Gasteiger charge is 2.12. The molecule has 0 aromatic rings. The van der Waals surface area contributed by atoms with E-state index in [1.54, 1.807) is 6.21 Å². The molecule has 1 rings (SSSR count). The van der Waals surface area contributed by atoms with Crippen molar-refractivity contribution in [2.45, 2.75) is 20.8 Å². The molecule has 0 amide bonds. The number of aliphatic imine (C=N–C) groups is 1. The van der Waals surface area contributed by atoms with Crippen LogP contribution in [-0.2, 0) is 0 Å². The van der Waals surface area contributed by atoms with E-state index < -0.39 is 0 Å². The third-order valence-corrected chi connectivity index (χ3v) is 2.15. The van der Waals surface area contributed by atoms with Crippen LogP contribution in [-0.4, -0.2) is 6.21 Å². The van der Waals surface area contributed by atoms with E-state index in [9.17, 15) is 0 Å². The molecule has 0 heterocycles. The summed E-state index contributed by atoms with van der Waals surface area (Å²) in [5.41, 5.74) is 2.15. The zero-order valence-electron chi connectivity index (χ0n) is 9.12. The van der Waals surface area contributed by atoms with E-state index in [1.807, 2.05) is 13.0 Å². The summed E-state index contributed by atoms with van der Waals surface area (Å²) in [7, 11) is 0. The second-order valence-electron chi connectivity index (χ2n) is 3.92. The number of allylic oxidation sites excluding steroid dienone is 6. The molecule has 0 fully saturated rings. The lowest BCUT2D eigenvalue weighted by atomic mass is 9.93. The quantitative estimate of drug-likeness (QED) is 0.585. The largest absolute Gasteiger partial charge is 0.261 e. The van der Waals surface area contributed by atoms with E-state index in [0.29, 0.717) is 0 Å². The SMILES string of the molecule is C=CC1=C(N=CC)C=CC(C)(C)C=C1. The minimum atomic E-state index is 0.0965. The maximum atomic E-state index is 4.31. The second kappa shape index (κ2) is 4.23. The first kappa shape index (κ1) is 10.7. The van der Waals surface area contributed by atoms with Crippen LogP contribution in [0.25, 0.3) is 0 Å². The Morgan fingerprint density at radius 1 is 1.29 bits per heavy atom. The van der Waals surface area contributed by atoms with Gasteiger partial charge >= 0.3 is 0 Å². The van der Waals surface area contributed by atoms with Crippen molar-refractivity contribution in [1.82, 2.24) is 0 Å². The van der Waals surface area contributed by atoms with Gasteiger partial charge in [0.25, 0.3) is 0 Å². The maximum absolute atomic E-state index is 4.31. The molecule has 74 valence electrons. The van der Waals surface area contributed by atoms with E-state index in [1.165, 1.54) is 0 Å². The Bertz CT molecular complexity index is 338. The van der Waals surface area contributed by atoms with Crippen LogP contribution >= 0.6 is 0 Å². The Balaban J connectivity index is 3.15. The van der Waals surface area contributed by atoms with Gasteiger partial charge < -0.3 is 0 Å². The summed E-state index contributed by atoms with van der Waals surface area (Å²) in [5, 5.41) is 0. The molecule has 1 nitrogen and oxygen atoms in total. The van der Waals surface area contributed by atoms with Gasteiger partial charge in [-0.05, 0) is 18.6 Å². The lowest BCUT2D eigenvalue weighted by molar-refractivity contribution is 0.626. The molecule has 0 aromatic heterocycles. The fourth-order valence-corrected chi connectivity index (χ4v) is 1.26. The Morgan fingerprint density at radius 3 is 2.50 bits per heavy atom. The van der Waals surface area contributed by atoms with Gasteiger partial charge in [0.15, 0.2) is 0 Å². The van der Waals surface area contributed by atoms with Gasteiger partial charge in [-0.25, -0.2) is 0 Å². The summed E-state index contributed by atoms with van der Waals surface area (Å²) in [6.07, 6.45) is 12.1. The van der Waals surface area contributed by atoms with Gasteiger partial charge in [0.1, 0.15) is 0 Å². The minimum Gasteiger partial charge on any atom is -0.261 e. The predicted molar refractivity (Wildman–Crippen MR) is 63.5 cm³/mol. The van der Waals surface area contributed by atoms with Gasteiger partial charge in [0.05, 0.1) is 5.70 Å². The summed E-state index contributed by atoms with van der Waals surface area (Å²) in [4.78, 5) is 4.31. The summed E-state index contributed by atoms with van der Waals surface area (Å²) in [5.74, 6) is 0. The van der Waals surface area contributed by atoms with Crippen LogP contribution in [0.2, 0.25) is 0 Å². The molecule has 0 radical (unpaired) electrons. The Labute approximate surface area is 86.2 Å². The molecular formula is C13H17N. The van der Waals surface area contributed by atoms with Crippen molar-refractivity contribution in [3.8, 4) is 0 Å². The normalized spacial score (nSPS) is 20.2. The number of hydrogen-bond acceptors (Lipinski definition) is 1. The summed E-state index contributed by atoms with van der Waals surface area (Å²) in [6, 6.07) is 0. The lowest BCUT2D eigenvalue weighted by Crippen LogP contribution is -2.00. The molecule has 1 aliphatic rings. The van der Waals surface area contributed by atoms with Crippen molar-refractivity contribution in [2.24, 2.45) is 10.4 Å². The summed E-state index contributed by atoms with van der Waals surface area (Å²) >= 11 is 0. The Kier molecular flexibility index (Phi) is 3.23. The van der Waals surface area contributed by atoms with Crippen molar-refractivity contribution in [3.05, 3.63) is 48.2 Å². The number of nitrogens with zero attached hydrogens (tertiary/aromatic N) is 1. The van der Waals surface area contributed by atoms with Crippen LogP contribution in [0.4, 0.5) is 0 Å². The van der Waals surface area contributed by atoms with Crippen LogP contribution in [0, 0.1) is 5.41 Å². The van der Waals surface area contributed by atoms with Gasteiger partial charge in [0, 0.05) is 11.6 Å². The highest BCUT2D eigenvalue weighted by Crippen LogP contribution is 2.26. The molecule has 0 aromatic carbocycles. The Morgan fingerprint density at radius 2 is 1.93 bits per heavy atom. The third-order valence-electron chi connectivity index (χ3n) is 2.15. The lowest BCUT2D eigenvalue weighted by Gasteiger charge is -2.12. The van der Waals surface area contributed by atoms with Gasteiger partial charge in [-0.15, -0.1) is 0 Å². The molecule has 0 bridgehead atoms. The third kappa shape index (κ3) is 2.56. The van der Waals surface area contributed by atoms with Gasteiger partial charge in [-0.2, -0.15) is 0 Å². The van der Waals surface area contributed by atoms with E-state index in [4.69, 9.17) is 0 Å². The highest BCUT2D eigenvalue weighted by molar-refractivity contribution is 5.58. The molecular weight excluding hydrogens is 170 g/mol. The number of hydrogen-bond donors (Lipinski definition) is 0. The van der Waals surface area contributed by atoms with Gasteiger partial charge in [0.2, 0.25) is 0 Å². The van der Waals surface area contributed by atoms with E-state index in [-0.39, 0.29) is 5.41 Å². The van der Waals surface area contributed by atoms with E-state index >= 15 is 0 Å². The molecule has 0 atom stereocenters. The molecule has 0 N–H and O–H groups in total. The van der Waals surface area contributed by atoms with Crippen molar-refractivity contribution in [2.75, 3.05) is 0 Å². The molecule has 0 saturated carbocycles. The van der Waals surface area contributed by atoms with Gasteiger partial charge in [-0.1, -0.05) is 44.7 Å². The van der Waals surface area contributed by atoms with Crippen LogP contribution in [0.3, 0.4) is 0 Å². The van der Waals surface area contributed by atoms with Crippen molar-refractivity contribution >= 4 is 6.21 Å². The van der Waals surface area contributed by atoms with E-state index in [0.717, 1.165) is 11.3 Å². The average Bonchev–Trinajstić information content (AvgIpc) is 2.27. The standard InChI is InChI=1S/C13H17N/c1-5-11-7-9-13(3,4)10-8-12(11)14-6-2/h5-10H,1H2,2-4H3. The molecule has 0 unspecified atom stereocenters. The molecule has 0 spiro atoms. The zero-order chi connectivity index (χ0) is 10.6. The first-order valence-corrected chi connectivity index (χ1v) is 4.83. The van der Waals surface area contributed by atoms with Crippen LogP contribution in [0.1, 0.15) is 20.8 Å². The topological polar surface area (TPSA) is 12.4 Å². The first-order valence-electron chi connectivity index (χ1n) is 4.83. The first-order chi connectivity index (χ1) is 6.59. The molecule has 0 saturated heterocycles. The molecule has 14 heavy (non-hydrogen) atoms. The summed E-state index contributed by atoms with van der Waals surface area (Å²) < 4.78 is 0. The van der Waals surface area contributed by atoms with Crippen molar-refractivity contribution in [1.29, 1.82) is 0 Å². The number of rotatable bonds is 2. The molecule has 1 heteroatoms. The molecule has 0 aliphatic heterocycles. The maximum Gasteiger partial charge on any atom is 0.0694 e. The fraction of sp³-hybridized carbons (Fsp3) is 0.308. The average molecular weight is 187 g/mol.